The van der Waals surface area contributed by atoms with Crippen molar-refractivity contribution in [3.8, 4) is 5.75 Å². The van der Waals surface area contributed by atoms with E-state index in [1.807, 2.05) is 0 Å². The van der Waals surface area contributed by atoms with Gasteiger partial charge in [0.1, 0.15) is 5.75 Å². The van der Waals surface area contributed by atoms with Crippen molar-refractivity contribution in [3.05, 3.63) is 24.3 Å². The van der Waals surface area contributed by atoms with E-state index in [0.717, 1.165) is 4.31 Å². The van der Waals surface area contributed by atoms with Crippen LogP contribution in [0.15, 0.2) is 29.2 Å². The van der Waals surface area contributed by atoms with Crippen LogP contribution in [-0.4, -0.2) is 36.8 Å². The van der Waals surface area contributed by atoms with E-state index in [2.05, 4.69) is 0 Å². The molecule has 100 valence electrons. The molecule has 0 aliphatic carbocycles. The van der Waals surface area contributed by atoms with E-state index >= 15 is 0 Å². The van der Waals surface area contributed by atoms with Crippen molar-refractivity contribution in [1.82, 2.24) is 4.31 Å². The zero-order valence-corrected chi connectivity index (χ0v) is 10.3. The van der Waals surface area contributed by atoms with Crippen LogP contribution in [0.3, 0.4) is 0 Å². The van der Waals surface area contributed by atoms with E-state index in [9.17, 15) is 17.2 Å². The zero-order valence-electron chi connectivity index (χ0n) is 9.51. The first-order chi connectivity index (χ1) is 8.31. The minimum atomic E-state index is -3.74. The molecule has 2 rings (SSSR count). The molecule has 1 fully saturated rings. The van der Waals surface area contributed by atoms with Gasteiger partial charge in [-0.15, -0.1) is 0 Å². The molecule has 18 heavy (non-hydrogen) atoms. The van der Waals surface area contributed by atoms with Crippen molar-refractivity contribution < 1.29 is 22.3 Å². The molecule has 1 heterocycles. The van der Waals surface area contributed by atoms with Gasteiger partial charge in [0, 0.05) is 25.9 Å². The lowest BCUT2D eigenvalue weighted by molar-refractivity contribution is -0.0412. The molecule has 0 radical (unpaired) electrons. The summed E-state index contributed by atoms with van der Waals surface area (Å²) in [7, 11) is -3.74. The summed E-state index contributed by atoms with van der Waals surface area (Å²) in [6.45, 7) is -0.369. The van der Waals surface area contributed by atoms with Gasteiger partial charge in [-0.05, 0) is 24.3 Å². The van der Waals surface area contributed by atoms with Crippen LogP contribution in [0.5, 0.6) is 5.75 Å². The van der Waals surface area contributed by atoms with Crippen molar-refractivity contribution in [3.63, 3.8) is 0 Å². The summed E-state index contributed by atoms with van der Waals surface area (Å²) in [5.41, 5.74) is 0. The van der Waals surface area contributed by atoms with Crippen LogP contribution in [0.4, 0.5) is 8.78 Å². The van der Waals surface area contributed by atoms with E-state index in [4.69, 9.17) is 5.11 Å². The van der Waals surface area contributed by atoms with E-state index in [-0.39, 0.29) is 23.7 Å². The molecular formula is C11H13F2NO3S. The van der Waals surface area contributed by atoms with Gasteiger partial charge in [0.15, 0.2) is 0 Å². The molecule has 1 aromatic carbocycles. The normalized spacial score (nSPS) is 20.8. The Morgan fingerprint density at radius 3 is 2.11 bits per heavy atom. The SMILES string of the molecule is O=S(=O)(c1ccc(O)cc1)N1CCC(F)(F)CC1. The number of aromatic hydroxyl groups is 1. The predicted molar refractivity (Wildman–Crippen MR) is 61.0 cm³/mol. The van der Waals surface area contributed by atoms with Crippen LogP contribution in [0.1, 0.15) is 12.8 Å². The summed E-state index contributed by atoms with van der Waals surface area (Å²) >= 11 is 0. The summed E-state index contributed by atoms with van der Waals surface area (Å²) in [5, 5.41) is 9.09. The molecule has 0 aromatic heterocycles. The lowest BCUT2D eigenvalue weighted by Crippen LogP contribution is -2.42. The molecule has 1 saturated heterocycles. The molecule has 0 amide bonds. The summed E-state index contributed by atoms with van der Waals surface area (Å²) in [5.74, 6) is -2.82. The average molecular weight is 277 g/mol. The van der Waals surface area contributed by atoms with Crippen LogP contribution < -0.4 is 0 Å². The van der Waals surface area contributed by atoms with Crippen molar-refractivity contribution in [2.45, 2.75) is 23.7 Å². The van der Waals surface area contributed by atoms with Crippen molar-refractivity contribution >= 4 is 10.0 Å². The Bertz CT molecular complexity index is 518. The Morgan fingerprint density at radius 1 is 1.11 bits per heavy atom. The summed E-state index contributed by atoms with van der Waals surface area (Å²) in [6, 6.07) is 5.03. The van der Waals surface area contributed by atoms with Crippen LogP contribution in [0.2, 0.25) is 0 Å². The number of phenols is 1. The van der Waals surface area contributed by atoms with Crippen molar-refractivity contribution in [2.75, 3.05) is 13.1 Å². The van der Waals surface area contributed by atoms with E-state index in [1.165, 1.54) is 24.3 Å². The molecule has 1 aromatic rings. The quantitative estimate of drug-likeness (QED) is 0.897. The van der Waals surface area contributed by atoms with Crippen LogP contribution in [-0.2, 0) is 10.0 Å². The van der Waals surface area contributed by atoms with Gasteiger partial charge in [0.25, 0.3) is 5.92 Å². The lowest BCUT2D eigenvalue weighted by Gasteiger charge is -2.30. The monoisotopic (exact) mass is 277 g/mol. The maximum absolute atomic E-state index is 13.0. The van der Waals surface area contributed by atoms with Gasteiger partial charge in [0.05, 0.1) is 4.90 Å². The minimum absolute atomic E-state index is 0.00511. The first-order valence-electron chi connectivity index (χ1n) is 5.48. The first-order valence-corrected chi connectivity index (χ1v) is 6.92. The third kappa shape index (κ3) is 2.62. The highest BCUT2D eigenvalue weighted by molar-refractivity contribution is 7.89. The van der Waals surface area contributed by atoms with Gasteiger partial charge in [-0.25, -0.2) is 17.2 Å². The number of hydrogen-bond donors (Lipinski definition) is 1. The molecule has 4 nitrogen and oxygen atoms in total. The fourth-order valence-electron chi connectivity index (χ4n) is 1.82. The number of nitrogens with zero attached hydrogens (tertiary/aromatic N) is 1. The van der Waals surface area contributed by atoms with E-state index < -0.39 is 28.8 Å². The molecule has 1 aliphatic rings. The molecule has 0 saturated carbocycles. The summed E-state index contributed by atoms with van der Waals surface area (Å²) in [6.07, 6.45) is -0.908. The number of benzene rings is 1. The molecular weight excluding hydrogens is 264 g/mol. The number of sulfonamides is 1. The second-order valence-corrected chi connectivity index (χ2v) is 6.19. The molecule has 0 unspecified atom stereocenters. The fraction of sp³-hybridized carbons (Fsp3) is 0.455. The Hall–Kier alpha value is -1.21. The van der Waals surface area contributed by atoms with Crippen molar-refractivity contribution in [1.29, 1.82) is 0 Å². The smallest absolute Gasteiger partial charge is 0.250 e. The average Bonchev–Trinajstić information content (AvgIpc) is 2.29. The Labute approximate surface area is 104 Å². The van der Waals surface area contributed by atoms with Gasteiger partial charge >= 0.3 is 0 Å². The van der Waals surface area contributed by atoms with Crippen molar-refractivity contribution in [2.24, 2.45) is 0 Å². The predicted octanol–water partition coefficient (Wildman–Crippen LogP) is 1.81. The zero-order chi connectivity index (χ0) is 13.4. The number of halogens is 2. The summed E-state index contributed by atoms with van der Waals surface area (Å²) in [4.78, 5) is 0.00511. The summed E-state index contributed by atoms with van der Waals surface area (Å²) < 4.78 is 51.2. The Balaban J connectivity index is 2.20. The fourth-order valence-corrected chi connectivity index (χ4v) is 3.26. The van der Waals surface area contributed by atoms with Gasteiger partial charge in [0.2, 0.25) is 10.0 Å². The van der Waals surface area contributed by atoms with Crippen LogP contribution in [0, 0.1) is 0 Å². The number of piperidine rings is 1. The van der Waals surface area contributed by atoms with Crippen LogP contribution >= 0.6 is 0 Å². The number of alkyl halides is 2. The standard InChI is InChI=1S/C11H13F2NO3S/c12-11(13)5-7-14(8-6-11)18(16,17)10-3-1-9(15)2-4-10/h1-4,15H,5-8H2. The molecule has 0 atom stereocenters. The topological polar surface area (TPSA) is 57.6 Å². The molecule has 7 heteroatoms. The van der Waals surface area contributed by atoms with Gasteiger partial charge < -0.3 is 5.11 Å². The van der Waals surface area contributed by atoms with Gasteiger partial charge in [-0.1, -0.05) is 0 Å². The maximum atomic E-state index is 13.0. The molecule has 1 N–H and O–H groups in total. The number of rotatable bonds is 2. The Kier molecular flexibility index (Phi) is 3.29. The highest BCUT2D eigenvalue weighted by atomic mass is 32.2. The Morgan fingerprint density at radius 2 is 1.61 bits per heavy atom. The second kappa shape index (κ2) is 4.47. The number of hydrogen-bond acceptors (Lipinski definition) is 3. The number of phenolic OH excluding ortho intramolecular Hbond substituents is 1. The highest BCUT2D eigenvalue weighted by Gasteiger charge is 2.38. The molecule has 0 bridgehead atoms. The van der Waals surface area contributed by atoms with Crippen LogP contribution in [0.25, 0.3) is 0 Å². The van der Waals surface area contributed by atoms with E-state index in [1.54, 1.807) is 0 Å². The maximum Gasteiger partial charge on any atom is 0.250 e. The molecule has 1 aliphatic heterocycles. The van der Waals surface area contributed by atoms with E-state index in [0.29, 0.717) is 0 Å². The van der Waals surface area contributed by atoms with Gasteiger partial charge in [-0.2, -0.15) is 4.31 Å². The molecule has 0 spiro atoms. The highest BCUT2D eigenvalue weighted by Crippen LogP contribution is 2.30. The lowest BCUT2D eigenvalue weighted by atomic mass is 10.1. The van der Waals surface area contributed by atoms with Gasteiger partial charge in [-0.3, -0.25) is 0 Å². The largest absolute Gasteiger partial charge is 0.508 e. The first kappa shape index (κ1) is 13.2. The third-order valence-corrected chi connectivity index (χ3v) is 4.84. The third-order valence-electron chi connectivity index (χ3n) is 2.93. The second-order valence-electron chi connectivity index (χ2n) is 4.25. The minimum Gasteiger partial charge on any atom is -0.508 e.